The van der Waals surface area contributed by atoms with Crippen LogP contribution in [0.3, 0.4) is 0 Å². The van der Waals surface area contributed by atoms with E-state index in [-0.39, 0.29) is 11.3 Å². The number of carbonyl (C=O) groups is 1. The molecular weight excluding hydrogens is 449 g/mol. The second-order valence-corrected chi connectivity index (χ2v) is 7.69. The van der Waals surface area contributed by atoms with Crippen LogP contribution in [0.15, 0.2) is 53.0 Å². The van der Waals surface area contributed by atoms with Crippen molar-refractivity contribution in [1.29, 1.82) is 0 Å². The molecule has 102 valence electrons. The first-order valence-corrected chi connectivity index (χ1v) is 9.02. The zero-order chi connectivity index (χ0) is 14.1. The maximum absolute atomic E-state index is 12.2. The fraction of sp³-hybridized carbons (Fsp3) is 0.133. The summed E-state index contributed by atoms with van der Waals surface area (Å²) in [6.45, 7) is 0. The average molecular weight is 460 g/mol. The van der Waals surface area contributed by atoms with Gasteiger partial charge in [-0.2, -0.15) is 0 Å². The molecule has 0 spiro atoms. The molecule has 0 bridgehead atoms. The molecule has 1 amide bonds. The van der Waals surface area contributed by atoms with Gasteiger partial charge in [0.25, 0.3) is 0 Å². The van der Waals surface area contributed by atoms with Crippen molar-refractivity contribution in [2.24, 2.45) is 0 Å². The lowest BCUT2D eigenvalue weighted by atomic mass is 10.2. The first-order chi connectivity index (χ1) is 9.65. The molecule has 1 fully saturated rings. The largest absolute Gasteiger partial charge is 0.295 e. The highest BCUT2D eigenvalue weighted by atomic mass is 127. The van der Waals surface area contributed by atoms with Crippen molar-refractivity contribution in [2.75, 3.05) is 10.7 Å². The molecule has 1 saturated heterocycles. The highest BCUT2D eigenvalue weighted by Crippen LogP contribution is 2.42. The zero-order valence-corrected chi connectivity index (χ0v) is 15.0. The number of anilines is 1. The quantitative estimate of drug-likeness (QED) is 0.599. The lowest BCUT2D eigenvalue weighted by Gasteiger charge is -2.24. The standard InChI is InChI=1S/C15H11BrINOS/c16-11-3-1-2-10(8-11)15-18(14(19)9-20-15)13-6-4-12(17)5-7-13/h1-8,15H,9H2. The van der Waals surface area contributed by atoms with Gasteiger partial charge in [0, 0.05) is 13.7 Å². The molecule has 1 heterocycles. The topological polar surface area (TPSA) is 20.3 Å². The first-order valence-electron chi connectivity index (χ1n) is 6.10. The molecule has 0 saturated carbocycles. The van der Waals surface area contributed by atoms with Crippen molar-refractivity contribution in [3.8, 4) is 0 Å². The van der Waals surface area contributed by atoms with Gasteiger partial charge in [0.1, 0.15) is 5.37 Å². The Morgan fingerprint density at radius 2 is 1.95 bits per heavy atom. The number of halogens is 2. The van der Waals surface area contributed by atoms with Gasteiger partial charge < -0.3 is 0 Å². The van der Waals surface area contributed by atoms with Gasteiger partial charge in [-0.3, -0.25) is 9.69 Å². The maximum atomic E-state index is 12.2. The van der Waals surface area contributed by atoms with E-state index in [1.165, 1.54) is 3.57 Å². The third-order valence-corrected chi connectivity index (χ3v) is 5.53. The maximum Gasteiger partial charge on any atom is 0.238 e. The Bertz CT molecular complexity index is 647. The van der Waals surface area contributed by atoms with Crippen LogP contribution in [0.5, 0.6) is 0 Å². The van der Waals surface area contributed by atoms with E-state index in [0.717, 1.165) is 15.7 Å². The van der Waals surface area contributed by atoms with E-state index in [4.69, 9.17) is 0 Å². The molecular formula is C15H11BrINOS. The number of carbonyl (C=O) groups excluding carboxylic acids is 1. The third kappa shape index (κ3) is 2.89. The SMILES string of the molecule is O=C1CSC(c2cccc(Br)c2)N1c1ccc(I)cc1. The average Bonchev–Trinajstić information content (AvgIpc) is 2.82. The molecule has 0 N–H and O–H groups in total. The number of rotatable bonds is 2. The summed E-state index contributed by atoms with van der Waals surface area (Å²) in [4.78, 5) is 14.1. The van der Waals surface area contributed by atoms with Gasteiger partial charge in [-0.05, 0) is 64.6 Å². The molecule has 0 radical (unpaired) electrons. The molecule has 1 aliphatic rings. The van der Waals surface area contributed by atoms with Crippen LogP contribution >= 0.6 is 50.3 Å². The van der Waals surface area contributed by atoms with Crippen molar-refractivity contribution in [2.45, 2.75) is 5.37 Å². The second-order valence-electron chi connectivity index (χ2n) is 4.46. The first kappa shape index (κ1) is 14.4. The molecule has 2 aromatic carbocycles. The normalized spacial score (nSPS) is 18.6. The van der Waals surface area contributed by atoms with Gasteiger partial charge in [0.15, 0.2) is 0 Å². The van der Waals surface area contributed by atoms with Crippen LogP contribution < -0.4 is 4.90 Å². The molecule has 1 atom stereocenters. The summed E-state index contributed by atoms with van der Waals surface area (Å²) in [5, 5.41) is 0.0556. The Hall–Kier alpha value is -0.530. The number of benzene rings is 2. The van der Waals surface area contributed by atoms with Crippen molar-refractivity contribution >= 4 is 61.9 Å². The minimum Gasteiger partial charge on any atom is -0.295 e. The summed E-state index contributed by atoms with van der Waals surface area (Å²) < 4.78 is 2.21. The van der Waals surface area contributed by atoms with Gasteiger partial charge in [-0.15, -0.1) is 11.8 Å². The molecule has 20 heavy (non-hydrogen) atoms. The van der Waals surface area contributed by atoms with Gasteiger partial charge in [-0.1, -0.05) is 28.1 Å². The number of hydrogen-bond donors (Lipinski definition) is 0. The van der Waals surface area contributed by atoms with E-state index in [2.05, 4.69) is 50.7 Å². The van der Waals surface area contributed by atoms with E-state index in [9.17, 15) is 4.79 Å². The summed E-state index contributed by atoms with van der Waals surface area (Å²) in [6, 6.07) is 16.2. The minimum atomic E-state index is 0.0556. The van der Waals surface area contributed by atoms with Crippen LogP contribution in [-0.4, -0.2) is 11.7 Å². The van der Waals surface area contributed by atoms with Crippen LogP contribution in [0, 0.1) is 3.57 Å². The van der Waals surface area contributed by atoms with Crippen LogP contribution in [-0.2, 0) is 4.79 Å². The highest BCUT2D eigenvalue weighted by Gasteiger charge is 2.33. The van der Waals surface area contributed by atoms with Crippen LogP contribution in [0.1, 0.15) is 10.9 Å². The summed E-state index contributed by atoms with van der Waals surface area (Å²) >= 11 is 7.44. The zero-order valence-electron chi connectivity index (χ0n) is 10.4. The molecule has 1 aliphatic heterocycles. The van der Waals surface area contributed by atoms with Crippen LogP contribution in [0.4, 0.5) is 5.69 Å². The monoisotopic (exact) mass is 459 g/mol. The third-order valence-electron chi connectivity index (χ3n) is 3.11. The Kier molecular flexibility index (Phi) is 4.37. The van der Waals surface area contributed by atoms with Crippen LogP contribution in [0.25, 0.3) is 0 Å². The molecule has 5 heteroatoms. The second kappa shape index (κ2) is 6.07. The molecule has 0 aliphatic carbocycles. The molecule has 1 unspecified atom stereocenters. The lowest BCUT2D eigenvalue weighted by molar-refractivity contribution is -0.115. The minimum absolute atomic E-state index is 0.0556. The molecule has 0 aromatic heterocycles. The van der Waals surface area contributed by atoms with Gasteiger partial charge >= 0.3 is 0 Å². The van der Waals surface area contributed by atoms with Crippen molar-refractivity contribution in [3.05, 3.63) is 62.1 Å². The summed E-state index contributed by atoms with van der Waals surface area (Å²) in [7, 11) is 0. The predicted octanol–water partition coefficient (Wildman–Crippen LogP) is 4.83. The molecule has 3 rings (SSSR count). The van der Waals surface area contributed by atoms with Crippen LogP contribution in [0.2, 0.25) is 0 Å². The van der Waals surface area contributed by atoms with E-state index in [1.54, 1.807) is 11.8 Å². The van der Waals surface area contributed by atoms with Crippen molar-refractivity contribution < 1.29 is 4.79 Å². The Labute approximate surface area is 144 Å². The van der Waals surface area contributed by atoms with E-state index in [0.29, 0.717) is 5.75 Å². The van der Waals surface area contributed by atoms with E-state index >= 15 is 0 Å². The fourth-order valence-corrected chi connectivity index (χ4v) is 4.16. The Morgan fingerprint density at radius 1 is 1.20 bits per heavy atom. The molecule has 2 aromatic rings. The number of nitrogens with zero attached hydrogens (tertiary/aromatic N) is 1. The number of thioether (sulfide) groups is 1. The van der Waals surface area contributed by atoms with Crippen molar-refractivity contribution in [3.63, 3.8) is 0 Å². The number of hydrogen-bond acceptors (Lipinski definition) is 2. The summed E-state index contributed by atoms with van der Waals surface area (Å²) in [5.74, 6) is 0.699. The van der Waals surface area contributed by atoms with Gasteiger partial charge in [-0.25, -0.2) is 0 Å². The fourth-order valence-electron chi connectivity index (χ4n) is 2.21. The summed E-state index contributed by atoms with van der Waals surface area (Å²) in [5.41, 5.74) is 2.11. The Balaban J connectivity index is 1.98. The number of amides is 1. The predicted molar refractivity (Wildman–Crippen MR) is 96.0 cm³/mol. The summed E-state index contributed by atoms with van der Waals surface area (Å²) in [6.07, 6.45) is 0. The smallest absolute Gasteiger partial charge is 0.238 e. The van der Waals surface area contributed by atoms with Gasteiger partial charge in [0.2, 0.25) is 5.91 Å². The van der Waals surface area contributed by atoms with E-state index in [1.807, 2.05) is 41.3 Å². The van der Waals surface area contributed by atoms with Crippen molar-refractivity contribution in [1.82, 2.24) is 0 Å². The van der Waals surface area contributed by atoms with Gasteiger partial charge in [0.05, 0.1) is 5.75 Å². The lowest BCUT2D eigenvalue weighted by Crippen LogP contribution is -2.27. The molecule has 2 nitrogen and oxygen atoms in total. The van der Waals surface area contributed by atoms with E-state index < -0.39 is 0 Å². The highest BCUT2D eigenvalue weighted by molar-refractivity contribution is 14.1. The Morgan fingerprint density at radius 3 is 2.65 bits per heavy atom.